The molecule has 0 fully saturated rings. The highest BCUT2D eigenvalue weighted by Gasteiger charge is 2.42. The fourth-order valence-corrected chi connectivity index (χ4v) is 5.30. The third-order valence-corrected chi connectivity index (χ3v) is 7.99. The van der Waals surface area contributed by atoms with Gasteiger partial charge < -0.3 is 4.74 Å². The van der Waals surface area contributed by atoms with Crippen LogP contribution in [0.5, 0.6) is 0 Å². The lowest BCUT2D eigenvalue weighted by Gasteiger charge is -2.21. The molecule has 1 unspecified atom stereocenters. The predicted octanol–water partition coefficient (Wildman–Crippen LogP) is 11.4. The van der Waals surface area contributed by atoms with E-state index in [1.165, 1.54) is 18.6 Å². The summed E-state index contributed by atoms with van der Waals surface area (Å²) in [5, 5.41) is 0. The van der Waals surface area contributed by atoms with Gasteiger partial charge in [-0.1, -0.05) is 121 Å². The van der Waals surface area contributed by atoms with Gasteiger partial charge in [0, 0.05) is 0 Å². The average molecular weight is 659 g/mol. The smallest absolute Gasteiger partial charge is 0.425 e. The van der Waals surface area contributed by atoms with Crippen LogP contribution in [0.1, 0.15) is 118 Å². The van der Waals surface area contributed by atoms with Crippen molar-refractivity contribution in [2.24, 2.45) is 0 Å². The van der Waals surface area contributed by atoms with Crippen LogP contribution >= 0.6 is 0 Å². The summed E-state index contributed by atoms with van der Waals surface area (Å²) in [5.41, 5.74) is 1.77. The molecule has 5 nitrogen and oxygen atoms in total. The zero-order valence-corrected chi connectivity index (χ0v) is 27.4. The maximum atomic E-state index is 15.4. The van der Waals surface area contributed by atoms with Crippen molar-refractivity contribution >= 4 is 11.9 Å². The number of esters is 1. The van der Waals surface area contributed by atoms with Crippen LogP contribution in [0.4, 0.5) is 17.6 Å². The van der Waals surface area contributed by atoms with Gasteiger partial charge in [0.2, 0.25) is 0 Å². The monoisotopic (exact) mass is 658 g/mol. The van der Waals surface area contributed by atoms with Gasteiger partial charge in [0.25, 0.3) is 0 Å². The minimum Gasteiger partial charge on any atom is -0.449 e. The fourth-order valence-electron chi connectivity index (χ4n) is 5.30. The van der Waals surface area contributed by atoms with Crippen LogP contribution in [0, 0.1) is 5.82 Å². The molecule has 0 aliphatic rings. The standard InChI is InChI=1S/C38H46F4O5/c1-3-5-7-9-11-16-20-35(38(40,41)42)46-37(44)32-24-21-29(27-34(32)39)33-26-30(22-23-31(33)28-18-14-13-15-19-28)36(43)47-45-25-17-12-10-8-6-4-2/h13-15,18-19,21-24,26-27,35H,3-12,16-17,20,25H2,1-2H3. The summed E-state index contributed by atoms with van der Waals surface area (Å²) < 4.78 is 61.2. The van der Waals surface area contributed by atoms with E-state index in [4.69, 9.17) is 14.5 Å². The van der Waals surface area contributed by atoms with Crippen molar-refractivity contribution in [2.45, 2.75) is 110 Å². The summed E-state index contributed by atoms with van der Waals surface area (Å²) in [6.45, 7) is 4.47. The summed E-state index contributed by atoms with van der Waals surface area (Å²) in [6, 6.07) is 17.6. The highest BCUT2D eigenvalue weighted by molar-refractivity contribution is 5.95. The van der Waals surface area contributed by atoms with Gasteiger partial charge in [0.1, 0.15) is 5.82 Å². The Kier molecular flexibility index (Phi) is 15.9. The first kappa shape index (κ1) is 37.7. The second-order valence-electron chi connectivity index (χ2n) is 11.8. The second-order valence-corrected chi connectivity index (χ2v) is 11.8. The lowest BCUT2D eigenvalue weighted by atomic mass is 9.92. The number of unbranched alkanes of at least 4 members (excludes halogenated alkanes) is 10. The molecule has 0 heterocycles. The van der Waals surface area contributed by atoms with Gasteiger partial charge in [0.15, 0.2) is 6.10 Å². The van der Waals surface area contributed by atoms with E-state index in [1.54, 1.807) is 12.1 Å². The van der Waals surface area contributed by atoms with E-state index in [-0.39, 0.29) is 25.0 Å². The molecule has 1 atom stereocenters. The molecular weight excluding hydrogens is 612 g/mol. The Morgan fingerprint density at radius 2 is 1.32 bits per heavy atom. The lowest BCUT2D eigenvalue weighted by molar-refractivity contribution is -0.241. The summed E-state index contributed by atoms with van der Waals surface area (Å²) in [6.07, 6.45) is 3.45. The molecule has 47 heavy (non-hydrogen) atoms. The molecule has 0 aromatic heterocycles. The first-order valence-corrected chi connectivity index (χ1v) is 16.8. The number of ether oxygens (including phenoxy) is 1. The Hall–Kier alpha value is -3.72. The summed E-state index contributed by atoms with van der Waals surface area (Å²) >= 11 is 0. The zero-order chi connectivity index (χ0) is 34.1. The highest BCUT2D eigenvalue weighted by Crippen LogP contribution is 2.35. The van der Waals surface area contributed by atoms with Gasteiger partial charge in [-0.25, -0.2) is 14.0 Å². The van der Waals surface area contributed by atoms with Crippen molar-refractivity contribution in [3.63, 3.8) is 0 Å². The van der Waals surface area contributed by atoms with Crippen LogP contribution in [0.3, 0.4) is 0 Å². The molecule has 3 aromatic carbocycles. The van der Waals surface area contributed by atoms with Crippen LogP contribution in [-0.4, -0.2) is 30.8 Å². The summed E-state index contributed by atoms with van der Waals surface area (Å²) in [7, 11) is 0. The maximum Gasteiger partial charge on any atom is 0.425 e. The number of carbonyl (C=O) groups excluding carboxylic acids is 2. The minimum atomic E-state index is -4.77. The quantitative estimate of drug-likeness (QED) is 0.0397. The Morgan fingerprint density at radius 3 is 1.96 bits per heavy atom. The van der Waals surface area contributed by atoms with E-state index in [1.807, 2.05) is 30.3 Å². The van der Waals surface area contributed by atoms with Gasteiger partial charge in [-0.05, 0) is 65.8 Å². The number of alkyl halides is 3. The lowest BCUT2D eigenvalue weighted by Crippen LogP contribution is -2.34. The Bertz CT molecular complexity index is 1390. The molecule has 0 saturated heterocycles. The van der Waals surface area contributed by atoms with Crippen LogP contribution in [0.25, 0.3) is 22.3 Å². The molecule has 0 amide bonds. The van der Waals surface area contributed by atoms with Gasteiger partial charge in [-0.2, -0.15) is 18.1 Å². The van der Waals surface area contributed by atoms with Crippen molar-refractivity contribution in [1.29, 1.82) is 0 Å². The van der Waals surface area contributed by atoms with Crippen LogP contribution in [0.15, 0.2) is 66.7 Å². The molecule has 0 aliphatic heterocycles. The molecular formula is C38H46F4O5. The number of benzene rings is 3. The van der Waals surface area contributed by atoms with E-state index in [0.29, 0.717) is 23.1 Å². The van der Waals surface area contributed by atoms with Crippen LogP contribution in [0.2, 0.25) is 0 Å². The first-order chi connectivity index (χ1) is 22.7. The highest BCUT2D eigenvalue weighted by atomic mass is 19.4. The molecule has 3 rings (SSSR count). The Morgan fingerprint density at radius 1 is 0.681 bits per heavy atom. The van der Waals surface area contributed by atoms with Gasteiger partial charge in [-0.3, -0.25) is 4.89 Å². The molecule has 0 N–H and O–H groups in total. The first-order valence-electron chi connectivity index (χ1n) is 16.8. The normalized spacial score (nSPS) is 12.1. The maximum absolute atomic E-state index is 15.4. The minimum absolute atomic E-state index is 0.161. The van der Waals surface area contributed by atoms with Gasteiger partial charge >= 0.3 is 18.1 Å². The number of halogens is 4. The SMILES string of the molecule is CCCCCCCCOOC(=O)c1ccc(-c2ccccc2)c(-c2ccc(C(=O)OC(CCCCCCCC)C(F)(F)F)c(F)c2)c1. The van der Waals surface area contributed by atoms with E-state index in [9.17, 15) is 22.8 Å². The fraction of sp³-hybridized carbons (Fsp3) is 0.474. The summed E-state index contributed by atoms with van der Waals surface area (Å²) in [5.74, 6) is -3.14. The van der Waals surface area contributed by atoms with E-state index < -0.39 is 35.6 Å². The molecule has 0 bridgehead atoms. The van der Waals surface area contributed by atoms with Crippen molar-refractivity contribution < 1.29 is 41.7 Å². The third kappa shape index (κ3) is 12.4. The predicted molar refractivity (Wildman–Crippen MR) is 175 cm³/mol. The molecule has 3 aromatic rings. The third-order valence-electron chi connectivity index (χ3n) is 7.99. The van der Waals surface area contributed by atoms with Crippen molar-refractivity contribution in [3.05, 3.63) is 83.7 Å². The largest absolute Gasteiger partial charge is 0.449 e. The van der Waals surface area contributed by atoms with Gasteiger partial charge in [-0.15, -0.1) is 0 Å². The van der Waals surface area contributed by atoms with Crippen molar-refractivity contribution in [1.82, 2.24) is 0 Å². The molecule has 0 spiro atoms. The Labute approximate surface area is 275 Å². The molecule has 9 heteroatoms. The van der Waals surface area contributed by atoms with Crippen LogP contribution < -0.4 is 0 Å². The Balaban J connectivity index is 1.76. The van der Waals surface area contributed by atoms with Crippen molar-refractivity contribution in [2.75, 3.05) is 6.61 Å². The van der Waals surface area contributed by atoms with Crippen molar-refractivity contribution in [3.8, 4) is 22.3 Å². The number of carbonyl (C=O) groups is 2. The number of hydrogen-bond donors (Lipinski definition) is 0. The summed E-state index contributed by atoms with van der Waals surface area (Å²) in [4.78, 5) is 35.7. The second kappa shape index (κ2) is 19.8. The van der Waals surface area contributed by atoms with Crippen LogP contribution in [-0.2, 0) is 14.5 Å². The molecule has 0 aliphatic carbocycles. The number of rotatable bonds is 20. The topological polar surface area (TPSA) is 61.8 Å². The molecule has 256 valence electrons. The van der Waals surface area contributed by atoms with Gasteiger partial charge in [0.05, 0.1) is 17.7 Å². The van der Waals surface area contributed by atoms with E-state index >= 15 is 4.39 Å². The zero-order valence-electron chi connectivity index (χ0n) is 27.4. The van der Waals surface area contributed by atoms with E-state index in [2.05, 4.69) is 13.8 Å². The number of hydrogen-bond acceptors (Lipinski definition) is 5. The molecule has 0 radical (unpaired) electrons. The molecule has 0 saturated carbocycles. The average Bonchev–Trinajstić information content (AvgIpc) is 3.06. The van der Waals surface area contributed by atoms with E-state index in [0.717, 1.165) is 75.5 Å².